The summed E-state index contributed by atoms with van der Waals surface area (Å²) in [6, 6.07) is 11.5. The van der Waals surface area contributed by atoms with Crippen LogP contribution in [0.4, 0.5) is 0 Å². The predicted molar refractivity (Wildman–Crippen MR) is 71.9 cm³/mol. The molecule has 0 aliphatic heterocycles. The van der Waals surface area contributed by atoms with E-state index in [0.29, 0.717) is 11.4 Å². The van der Waals surface area contributed by atoms with Crippen LogP contribution >= 0.6 is 11.3 Å². The third-order valence-electron chi connectivity index (χ3n) is 2.62. The van der Waals surface area contributed by atoms with Gasteiger partial charge in [0.1, 0.15) is 0 Å². The van der Waals surface area contributed by atoms with Crippen molar-refractivity contribution < 1.29 is 4.79 Å². The summed E-state index contributed by atoms with van der Waals surface area (Å²) in [6.45, 7) is 0. The van der Waals surface area contributed by atoms with Crippen molar-refractivity contribution in [1.82, 2.24) is 9.97 Å². The van der Waals surface area contributed by atoms with Crippen LogP contribution < -0.4 is 0 Å². The van der Waals surface area contributed by atoms with Gasteiger partial charge >= 0.3 is 0 Å². The second-order valence-corrected chi connectivity index (χ2v) is 4.98. The average molecular weight is 254 g/mol. The molecule has 0 spiro atoms. The highest BCUT2D eigenvalue weighted by molar-refractivity contribution is 7.20. The highest BCUT2D eigenvalue weighted by Gasteiger charge is 2.12. The molecule has 3 rings (SSSR count). The number of Topliss-reactive ketones (excluding diaryl/α,β-unsaturated/α-hetero) is 1. The third kappa shape index (κ3) is 2.15. The zero-order chi connectivity index (χ0) is 12.4. The van der Waals surface area contributed by atoms with Crippen molar-refractivity contribution >= 4 is 27.3 Å². The van der Waals surface area contributed by atoms with Crippen LogP contribution in [0.3, 0.4) is 0 Å². The van der Waals surface area contributed by atoms with E-state index < -0.39 is 0 Å². The number of benzene rings is 1. The summed E-state index contributed by atoms with van der Waals surface area (Å²) < 4.78 is 1.05. The van der Waals surface area contributed by atoms with Gasteiger partial charge in [0.15, 0.2) is 10.8 Å². The fraction of sp³-hybridized carbons (Fsp3) is 0.0714. The lowest BCUT2D eigenvalue weighted by Crippen LogP contribution is -2.02. The molecule has 0 aliphatic carbocycles. The summed E-state index contributed by atoms with van der Waals surface area (Å²) in [5.41, 5.74) is 1.80. The molecule has 2 aromatic heterocycles. The lowest BCUT2D eigenvalue weighted by Gasteiger charge is -1.96. The number of hydrogen-bond acceptors (Lipinski definition) is 4. The highest BCUT2D eigenvalue weighted by Crippen LogP contribution is 2.22. The van der Waals surface area contributed by atoms with Crippen LogP contribution in [0.2, 0.25) is 0 Å². The molecular weight excluding hydrogens is 244 g/mol. The second kappa shape index (κ2) is 4.66. The summed E-state index contributed by atoms with van der Waals surface area (Å²) in [6.07, 6.45) is 3.77. The van der Waals surface area contributed by atoms with Gasteiger partial charge in [-0.3, -0.25) is 9.78 Å². The molecule has 0 fully saturated rings. The van der Waals surface area contributed by atoms with Gasteiger partial charge < -0.3 is 0 Å². The molecule has 18 heavy (non-hydrogen) atoms. The number of para-hydroxylation sites is 1. The Morgan fingerprint density at radius 2 is 2.06 bits per heavy atom. The van der Waals surface area contributed by atoms with Crippen molar-refractivity contribution in [3.8, 4) is 0 Å². The molecular formula is C14H10N2OS. The molecule has 3 aromatic rings. The van der Waals surface area contributed by atoms with Crippen molar-refractivity contribution in [3.63, 3.8) is 0 Å². The van der Waals surface area contributed by atoms with Gasteiger partial charge in [0.05, 0.1) is 10.2 Å². The van der Waals surface area contributed by atoms with E-state index >= 15 is 0 Å². The molecule has 0 bridgehead atoms. The Balaban J connectivity index is 1.88. The maximum Gasteiger partial charge on any atom is 0.195 e. The van der Waals surface area contributed by atoms with Crippen LogP contribution in [0.1, 0.15) is 15.4 Å². The van der Waals surface area contributed by atoms with E-state index in [-0.39, 0.29) is 5.78 Å². The van der Waals surface area contributed by atoms with Gasteiger partial charge in [-0.15, -0.1) is 11.3 Å². The summed E-state index contributed by atoms with van der Waals surface area (Å²) >= 11 is 1.44. The van der Waals surface area contributed by atoms with Gasteiger partial charge in [-0.1, -0.05) is 18.2 Å². The number of thiazole rings is 1. The van der Waals surface area contributed by atoms with Gasteiger partial charge in [-0.05, 0) is 23.8 Å². The number of nitrogens with zero attached hydrogens (tertiary/aromatic N) is 2. The topological polar surface area (TPSA) is 42.9 Å². The van der Waals surface area contributed by atoms with E-state index in [1.807, 2.05) is 36.4 Å². The van der Waals surface area contributed by atoms with Crippen LogP contribution in [0.25, 0.3) is 10.2 Å². The lowest BCUT2D eigenvalue weighted by molar-refractivity contribution is 0.0992. The zero-order valence-electron chi connectivity index (χ0n) is 9.54. The number of aromatic nitrogens is 2. The Kier molecular flexibility index (Phi) is 2.86. The predicted octanol–water partition coefficient (Wildman–Crippen LogP) is 3.12. The van der Waals surface area contributed by atoms with Crippen molar-refractivity contribution in [3.05, 3.63) is 59.4 Å². The van der Waals surface area contributed by atoms with Gasteiger partial charge in [0.25, 0.3) is 0 Å². The second-order valence-electron chi connectivity index (χ2n) is 3.95. The number of hydrogen-bond donors (Lipinski definition) is 0. The van der Waals surface area contributed by atoms with Crippen molar-refractivity contribution in [1.29, 1.82) is 0 Å². The fourth-order valence-corrected chi connectivity index (χ4v) is 2.66. The van der Waals surface area contributed by atoms with E-state index in [2.05, 4.69) is 9.97 Å². The molecule has 88 valence electrons. The minimum absolute atomic E-state index is 0.0456. The Labute approximate surface area is 108 Å². The van der Waals surface area contributed by atoms with E-state index in [0.717, 1.165) is 15.8 Å². The molecule has 1 aromatic carbocycles. The summed E-state index contributed by atoms with van der Waals surface area (Å²) in [5.74, 6) is 0.0456. The highest BCUT2D eigenvalue weighted by atomic mass is 32.1. The number of carbonyl (C=O) groups excluding carboxylic acids is 1. The van der Waals surface area contributed by atoms with Crippen LogP contribution in [-0.4, -0.2) is 15.8 Å². The minimum atomic E-state index is 0.0456. The van der Waals surface area contributed by atoms with E-state index in [9.17, 15) is 4.79 Å². The minimum Gasteiger partial charge on any atom is -0.291 e. The Morgan fingerprint density at radius 1 is 1.17 bits per heavy atom. The first-order valence-electron chi connectivity index (χ1n) is 5.60. The van der Waals surface area contributed by atoms with E-state index in [1.54, 1.807) is 12.4 Å². The molecule has 0 aliphatic rings. The maximum absolute atomic E-state index is 12.1. The smallest absolute Gasteiger partial charge is 0.195 e. The maximum atomic E-state index is 12.1. The largest absolute Gasteiger partial charge is 0.291 e. The molecule has 0 unspecified atom stereocenters. The first kappa shape index (κ1) is 11.0. The fourth-order valence-electron chi connectivity index (χ4n) is 1.76. The van der Waals surface area contributed by atoms with Gasteiger partial charge in [-0.25, -0.2) is 4.98 Å². The number of fused-ring (bicyclic) bond motifs is 1. The van der Waals surface area contributed by atoms with Crippen LogP contribution in [0.15, 0.2) is 48.8 Å². The molecule has 0 radical (unpaired) electrons. The van der Waals surface area contributed by atoms with Crippen LogP contribution in [0, 0.1) is 0 Å². The van der Waals surface area contributed by atoms with Crippen molar-refractivity contribution in [2.45, 2.75) is 6.42 Å². The van der Waals surface area contributed by atoms with Crippen LogP contribution in [0.5, 0.6) is 0 Å². The van der Waals surface area contributed by atoms with E-state index in [1.165, 1.54) is 11.3 Å². The normalized spacial score (nSPS) is 10.7. The van der Waals surface area contributed by atoms with Gasteiger partial charge in [0, 0.05) is 18.8 Å². The Bertz CT molecular complexity index is 658. The van der Waals surface area contributed by atoms with Gasteiger partial charge in [0.2, 0.25) is 0 Å². The molecule has 2 heterocycles. The Morgan fingerprint density at radius 3 is 2.83 bits per heavy atom. The molecule has 0 atom stereocenters. The number of rotatable bonds is 3. The molecule has 0 amide bonds. The lowest BCUT2D eigenvalue weighted by atomic mass is 10.1. The molecule has 0 saturated heterocycles. The molecule has 0 saturated carbocycles. The number of ketones is 1. The third-order valence-corrected chi connectivity index (χ3v) is 3.70. The van der Waals surface area contributed by atoms with Crippen molar-refractivity contribution in [2.24, 2.45) is 0 Å². The average Bonchev–Trinajstić information content (AvgIpc) is 2.84. The molecule has 0 N–H and O–H groups in total. The first-order chi connectivity index (χ1) is 8.83. The first-order valence-corrected chi connectivity index (χ1v) is 6.42. The number of carbonyl (C=O) groups is 1. The standard InChI is InChI=1S/C14H10N2OS/c17-12(8-10-4-3-7-15-9-10)14-16-11-5-1-2-6-13(11)18-14/h1-7,9H,8H2. The quantitative estimate of drug-likeness (QED) is 0.674. The Hall–Kier alpha value is -2.07. The number of pyridine rings is 1. The van der Waals surface area contributed by atoms with E-state index in [4.69, 9.17) is 0 Å². The van der Waals surface area contributed by atoms with Crippen molar-refractivity contribution in [2.75, 3.05) is 0 Å². The SMILES string of the molecule is O=C(Cc1cccnc1)c1nc2ccccc2s1. The molecule has 4 heteroatoms. The molecule has 3 nitrogen and oxygen atoms in total. The summed E-state index contributed by atoms with van der Waals surface area (Å²) in [5, 5.41) is 0.569. The summed E-state index contributed by atoms with van der Waals surface area (Å²) in [7, 11) is 0. The monoisotopic (exact) mass is 254 g/mol. The summed E-state index contributed by atoms with van der Waals surface area (Å²) in [4.78, 5) is 20.5. The van der Waals surface area contributed by atoms with Gasteiger partial charge in [-0.2, -0.15) is 0 Å². The van der Waals surface area contributed by atoms with Crippen LogP contribution in [-0.2, 0) is 6.42 Å². The zero-order valence-corrected chi connectivity index (χ0v) is 10.4.